The highest BCUT2D eigenvalue weighted by atomic mass is 19.3. The first-order chi connectivity index (χ1) is 8.53. The molecule has 0 saturated heterocycles. The van der Waals surface area contributed by atoms with Gasteiger partial charge in [-0.2, -0.15) is 0 Å². The van der Waals surface area contributed by atoms with Crippen LogP contribution in [0.1, 0.15) is 23.4 Å². The van der Waals surface area contributed by atoms with Crippen LogP contribution in [0, 0.1) is 0 Å². The summed E-state index contributed by atoms with van der Waals surface area (Å²) in [6, 6.07) is 1.15. The third-order valence-corrected chi connectivity index (χ3v) is 2.36. The largest absolute Gasteiger partial charge is 0.495 e. The van der Waals surface area contributed by atoms with Gasteiger partial charge < -0.3 is 15.2 Å². The minimum absolute atomic E-state index is 0.0286. The van der Waals surface area contributed by atoms with Crippen molar-refractivity contribution in [2.24, 2.45) is 5.73 Å². The van der Waals surface area contributed by atoms with Crippen molar-refractivity contribution < 1.29 is 23.0 Å². The van der Waals surface area contributed by atoms with Crippen LogP contribution in [0.5, 0.6) is 5.75 Å². The molecule has 1 aromatic heterocycles. The Hall–Kier alpha value is -1.76. The van der Waals surface area contributed by atoms with E-state index in [9.17, 15) is 13.6 Å². The predicted octanol–water partition coefficient (Wildman–Crippen LogP) is 1.20. The van der Waals surface area contributed by atoms with Gasteiger partial charge in [0.15, 0.2) is 0 Å². The predicted molar refractivity (Wildman–Crippen MR) is 59.4 cm³/mol. The summed E-state index contributed by atoms with van der Waals surface area (Å²) < 4.78 is 35.1. The van der Waals surface area contributed by atoms with E-state index in [1.54, 1.807) is 0 Å². The average molecular weight is 260 g/mol. The van der Waals surface area contributed by atoms with Crippen LogP contribution in [-0.2, 0) is 22.5 Å². The molecule has 100 valence electrons. The molecule has 5 nitrogen and oxygen atoms in total. The number of aromatic nitrogens is 1. The van der Waals surface area contributed by atoms with E-state index < -0.39 is 12.4 Å². The second-order valence-corrected chi connectivity index (χ2v) is 3.43. The van der Waals surface area contributed by atoms with Crippen LogP contribution in [0.15, 0.2) is 6.07 Å². The number of hydrogen-bond acceptors (Lipinski definition) is 5. The van der Waals surface area contributed by atoms with Crippen LogP contribution in [-0.4, -0.2) is 25.2 Å². The number of nitrogens with two attached hydrogens (primary N) is 1. The minimum Gasteiger partial charge on any atom is -0.495 e. The van der Waals surface area contributed by atoms with Crippen LogP contribution in [0.25, 0.3) is 0 Å². The molecule has 0 aliphatic carbocycles. The number of halogens is 2. The van der Waals surface area contributed by atoms with E-state index in [4.69, 9.17) is 10.5 Å². The summed E-state index contributed by atoms with van der Waals surface area (Å²) in [6.07, 6.45) is -3.08. The van der Waals surface area contributed by atoms with Crippen molar-refractivity contribution in [1.29, 1.82) is 0 Å². The SMILES string of the molecule is COC(=O)Cc1nc(CN)c(OC)cc1C(F)F. The van der Waals surface area contributed by atoms with Crippen LogP contribution in [0.3, 0.4) is 0 Å². The van der Waals surface area contributed by atoms with Crippen molar-refractivity contribution in [3.8, 4) is 5.75 Å². The zero-order valence-corrected chi connectivity index (χ0v) is 10.1. The summed E-state index contributed by atoms with van der Waals surface area (Å²) in [5.41, 5.74) is 5.36. The normalized spacial score (nSPS) is 10.6. The van der Waals surface area contributed by atoms with Crippen molar-refractivity contribution in [2.45, 2.75) is 19.4 Å². The first kappa shape index (κ1) is 14.3. The fraction of sp³-hybridized carbons (Fsp3) is 0.455. The molecule has 0 spiro atoms. The Balaban J connectivity index is 3.24. The average Bonchev–Trinajstić information content (AvgIpc) is 2.37. The molecule has 0 radical (unpaired) electrons. The number of alkyl halides is 2. The van der Waals surface area contributed by atoms with Gasteiger partial charge in [0, 0.05) is 12.1 Å². The maximum Gasteiger partial charge on any atom is 0.311 e. The van der Waals surface area contributed by atoms with Crippen LogP contribution < -0.4 is 10.5 Å². The molecule has 1 aromatic rings. The molecule has 0 fully saturated rings. The summed E-state index contributed by atoms with van der Waals surface area (Å²) in [4.78, 5) is 15.1. The van der Waals surface area contributed by atoms with Gasteiger partial charge in [0.05, 0.1) is 32.0 Å². The summed E-state index contributed by atoms with van der Waals surface area (Å²) >= 11 is 0. The van der Waals surface area contributed by atoms with Gasteiger partial charge in [-0.05, 0) is 6.07 Å². The summed E-state index contributed by atoms with van der Waals surface area (Å²) in [5, 5.41) is 0. The Kier molecular flexibility index (Phi) is 4.96. The van der Waals surface area contributed by atoms with Crippen LogP contribution in [0.4, 0.5) is 8.78 Å². The Bertz CT molecular complexity index is 439. The van der Waals surface area contributed by atoms with Gasteiger partial charge in [-0.25, -0.2) is 8.78 Å². The Morgan fingerprint density at radius 2 is 2.11 bits per heavy atom. The second kappa shape index (κ2) is 6.25. The zero-order chi connectivity index (χ0) is 13.7. The van der Waals surface area contributed by atoms with Crippen LogP contribution in [0.2, 0.25) is 0 Å². The molecular weight excluding hydrogens is 246 g/mol. The molecule has 0 aliphatic rings. The standard InChI is InChI=1S/C11H14F2N2O3/c1-17-9-3-6(11(12)13)7(4-10(16)18-2)15-8(9)5-14/h3,11H,4-5,14H2,1-2H3. The quantitative estimate of drug-likeness (QED) is 0.805. The number of methoxy groups -OCH3 is 2. The molecule has 2 N–H and O–H groups in total. The molecule has 0 aromatic carbocycles. The zero-order valence-electron chi connectivity index (χ0n) is 10.1. The van der Waals surface area contributed by atoms with Crippen molar-refractivity contribution >= 4 is 5.97 Å². The molecule has 7 heteroatoms. The molecule has 1 rings (SSSR count). The van der Waals surface area contributed by atoms with Crippen LogP contribution >= 0.6 is 0 Å². The number of rotatable bonds is 5. The summed E-state index contributed by atoms with van der Waals surface area (Å²) in [6.45, 7) is 0.0286. The van der Waals surface area contributed by atoms with Gasteiger partial charge in [0.25, 0.3) is 6.43 Å². The third kappa shape index (κ3) is 3.13. The smallest absolute Gasteiger partial charge is 0.311 e. The first-order valence-electron chi connectivity index (χ1n) is 5.15. The van der Waals surface area contributed by atoms with Crippen molar-refractivity contribution in [2.75, 3.05) is 14.2 Å². The van der Waals surface area contributed by atoms with Gasteiger partial charge in [-0.1, -0.05) is 0 Å². The molecule has 0 amide bonds. The third-order valence-electron chi connectivity index (χ3n) is 2.36. The summed E-state index contributed by atoms with van der Waals surface area (Å²) in [7, 11) is 2.52. The monoisotopic (exact) mass is 260 g/mol. The maximum absolute atomic E-state index is 12.9. The van der Waals surface area contributed by atoms with E-state index in [0.29, 0.717) is 5.69 Å². The molecule has 0 aliphatic heterocycles. The van der Waals surface area contributed by atoms with E-state index in [1.807, 2.05) is 0 Å². The number of pyridine rings is 1. The minimum atomic E-state index is -2.75. The number of ether oxygens (including phenoxy) is 2. The highest BCUT2D eigenvalue weighted by Crippen LogP contribution is 2.28. The highest BCUT2D eigenvalue weighted by Gasteiger charge is 2.20. The van der Waals surface area contributed by atoms with E-state index in [2.05, 4.69) is 9.72 Å². The first-order valence-corrected chi connectivity index (χ1v) is 5.15. The maximum atomic E-state index is 12.9. The lowest BCUT2D eigenvalue weighted by Gasteiger charge is -2.12. The highest BCUT2D eigenvalue weighted by molar-refractivity contribution is 5.72. The molecule has 0 unspecified atom stereocenters. The van der Waals surface area contributed by atoms with Gasteiger partial charge >= 0.3 is 5.97 Å². The number of nitrogens with zero attached hydrogens (tertiary/aromatic N) is 1. The lowest BCUT2D eigenvalue weighted by molar-refractivity contribution is -0.139. The number of carbonyl (C=O) groups excluding carboxylic acids is 1. The fourth-order valence-electron chi connectivity index (χ4n) is 1.45. The Morgan fingerprint density at radius 3 is 2.56 bits per heavy atom. The lowest BCUT2D eigenvalue weighted by atomic mass is 10.1. The van der Waals surface area contributed by atoms with Gasteiger partial charge in [-0.15, -0.1) is 0 Å². The Labute approximate surface area is 103 Å². The molecule has 0 atom stereocenters. The topological polar surface area (TPSA) is 74.4 Å². The van der Waals surface area contributed by atoms with Crippen molar-refractivity contribution in [3.05, 3.63) is 23.0 Å². The van der Waals surface area contributed by atoms with Gasteiger partial charge in [-0.3, -0.25) is 9.78 Å². The van der Waals surface area contributed by atoms with E-state index in [0.717, 1.165) is 6.07 Å². The number of hydrogen-bond donors (Lipinski definition) is 1. The fourth-order valence-corrected chi connectivity index (χ4v) is 1.45. The molecule has 18 heavy (non-hydrogen) atoms. The summed E-state index contributed by atoms with van der Waals surface area (Å²) in [5.74, 6) is -0.459. The van der Waals surface area contributed by atoms with E-state index in [1.165, 1.54) is 14.2 Å². The van der Waals surface area contributed by atoms with E-state index >= 15 is 0 Å². The molecule has 0 saturated carbocycles. The second-order valence-electron chi connectivity index (χ2n) is 3.43. The molecular formula is C11H14F2N2O3. The van der Waals surface area contributed by atoms with Gasteiger partial charge in [0.1, 0.15) is 5.75 Å². The van der Waals surface area contributed by atoms with Crippen molar-refractivity contribution in [3.63, 3.8) is 0 Å². The van der Waals surface area contributed by atoms with Crippen molar-refractivity contribution in [1.82, 2.24) is 4.98 Å². The number of carbonyl (C=O) groups is 1. The Morgan fingerprint density at radius 1 is 1.44 bits per heavy atom. The molecule has 1 heterocycles. The van der Waals surface area contributed by atoms with E-state index in [-0.39, 0.29) is 30.0 Å². The lowest BCUT2D eigenvalue weighted by Crippen LogP contribution is -2.13. The number of esters is 1. The van der Waals surface area contributed by atoms with Gasteiger partial charge in [0.2, 0.25) is 0 Å². The molecule has 0 bridgehead atoms.